The molecule has 0 aliphatic heterocycles. The number of nitro benzene ring substituents is 1. The van der Waals surface area contributed by atoms with E-state index >= 15 is 0 Å². The average Bonchev–Trinajstić information content (AvgIpc) is 2.37. The molecule has 18 heavy (non-hydrogen) atoms. The van der Waals surface area contributed by atoms with Gasteiger partial charge in [-0.1, -0.05) is 0 Å². The molecule has 0 saturated heterocycles. The van der Waals surface area contributed by atoms with Crippen molar-refractivity contribution in [3.8, 4) is 0 Å². The molecule has 0 unspecified atom stereocenters. The van der Waals surface area contributed by atoms with E-state index in [2.05, 4.69) is 17.6 Å². The molecular formula is C11H11N3O3S. The molecule has 0 amide bonds. The second kappa shape index (κ2) is 5.18. The fourth-order valence-electron chi connectivity index (χ4n) is 1.66. The Morgan fingerprint density at radius 1 is 1.44 bits per heavy atom. The maximum absolute atomic E-state index is 12.1. The van der Waals surface area contributed by atoms with Crippen LogP contribution in [0.2, 0.25) is 0 Å². The number of fused-ring (bicyclic) bond motifs is 1. The fraction of sp³-hybridized carbons (Fsp3) is 0.273. The van der Waals surface area contributed by atoms with Crippen LogP contribution in [0.3, 0.4) is 0 Å². The number of non-ortho nitro benzene ring substituents is 1. The molecule has 2 aromatic rings. The van der Waals surface area contributed by atoms with Crippen molar-refractivity contribution in [1.29, 1.82) is 0 Å². The Labute approximate surface area is 108 Å². The van der Waals surface area contributed by atoms with Gasteiger partial charge in [0, 0.05) is 18.7 Å². The molecule has 0 spiro atoms. The van der Waals surface area contributed by atoms with Gasteiger partial charge >= 0.3 is 0 Å². The fourth-order valence-corrected chi connectivity index (χ4v) is 1.80. The molecule has 94 valence electrons. The van der Waals surface area contributed by atoms with Gasteiger partial charge in [-0.2, -0.15) is 12.6 Å². The predicted octanol–water partition coefficient (Wildman–Crippen LogP) is 1.62. The van der Waals surface area contributed by atoms with E-state index in [4.69, 9.17) is 0 Å². The summed E-state index contributed by atoms with van der Waals surface area (Å²) in [7, 11) is 0. The van der Waals surface area contributed by atoms with Crippen molar-refractivity contribution in [2.75, 3.05) is 5.75 Å². The minimum absolute atomic E-state index is 0.103. The van der Waals surface area contributed by atoms with Gasteiger partial charge in [0.15, 0.2) is 0 Å². The van der Waals surface area contributed by atoms with Crippen LogP contribution < -0.4 is 5.56 Å². The molecule has 2 rings (SSSR count). The standard InChI is InChI=1S/C11H11N3O3S/c15-11-9-6-8(14(16)17)2-3-10(9)12-7-13(11)4-1-5-18/h2-3,6-7,18H,1,4-5H2. The van der Waals surface area contributed by atoms with Crippen molar-refractivity contribution >= 4 is 29.2 Å². The zero-order valence-electron chi connectivity index (χ0n) is 9.44. The van der Waals surface area contributed by atoms with Crippen molar-refractivity contribution in [3.05, 3.63) is 45.0 Å². The zero-order chi connectivity index (χ0) is 13.1. The molecule has 0 fully saturated rings. The summed E-state index contributed by atoms with van der Waals surface area (Å²) in [4.78, 5) is 26.4. The van der Waals surface area contributed by atoms with Crippen LogP contribution in [0.15, 0.2) is 29.3 Å². The van der Waals surface area contributed by atoms with Gasteiger partial charge in [0.05, 0.1) is 22.2 Å². The number of nitrogens with zero attached hydrogens (tertiary/aromatic N) is 3. The third-order valence-electron chi connectivity index (χ3n) is 2.58. The highest BCUT2D eigenvalue weighted by molar-refractivity contribution is 7.80. The summed E-state index contributed by atoms with van der Waals surface area (Å²) in [6.45, 7) is 0.508. The smallest absolute Gasteiger partial charge is 0.270 e. The van der Waals surface area contributed by atoms with E-state index in [0.29, 0.717) is 17.8 Å². The van der Waals surface area contributed by atoms with Gasteiger partial charge in [-0.25, -0.2) is 4.98 Å². The molecule has 6 nitrogen and oxygen atoms in total. The first-order valence-corrected chi connectivity index (χ1v) is 6.01. The molecule has 0 bridgehead atoms. The van der Waals surface area contributed by atoms with E-state index in [-0.39, 0.29) is 16.6 Å². The van der Waals surface area contributed by atoms with E-state index in [0.717, 1.165) is 6.42 Å². The Balaban J connectivity index is 2.57. The maximum atomic E-state index is 12.1. The first-order chi connectivity index (χ1) is 8.63. The minimum Gasteiger partial charge on any atom is -0.299 e. The van der Waals surface area contributed by atoms with Crippen LogP contribution in [-0.2, 0) is 6.54 Å². The number of rotatable bonds is 4. The molecule has 0 radical (unpaired) electrons. The van der Waals surface area contributed by atoms with Crippen LogP contribution in [0, 0.1) is 10.1 Å². The molecular weight excluding hydrogens is 254 g/mol. The topological polar surface area (TPSA) is 78.0 Å². The molecule has 0 aliphatic rings. The monoisotopic (exact) mass is 265 g/mol. The Morgan fingerprint density at radius 2 is 2.22 bits per heavy atom. The Morgan fingerprint density at radius 3 is 2.89 bits per heavy atom. The third kappa shape index (κ3) is 2.35. The summed E-state index contributed by atoms with van der Waals surface area (Å²) in [5.74, 6) is 0.666. The van der Waals surface area contributed by atoms with Crippen molar-refractivity contribution in [3.63, 3.8) is 0 Å². The lowest BCUT2D eigenvalue weighted by atomic mass is 10.2. The number of thiol groups is 1. The lowest BCUT2D eigenvalue weighted by Gasteiger charge is -2.05. The highest BCUT2D eigenvalue weighted by atomic mass is 32.1. The van der Waals surface area contributed by atoms with E-state index in [1.807, 2.05) is 0 Å². The summed E-state index contributed by atoms with van der Waals surface area (Å²) < 4.78 is 1.45. The zero-order valence-corrected chi connectivity index (χ0v) is 10.3. The van der Waals surface area contributed by atoms with Crippen LogP contribution >= 0.6 is 12.6 Å². The highest BCUT2D eigenvalue weighted by Gasteiger charge is 2.10. The number of aromatic nitrogens is 2. The average molecular weight is 265 g/mol. The molecule has 1 aromatic heterocycles. The van der Waals surface area contributed by atoms with Crippen molar-refractivity contribution in [2.24, 2.45) is 0 Å². The molecule has 0 saturated carbocycles. The Hall–Kier alpha value is -1.89. The van der Waals surface area contributed by atoms with E-state index in [1.165, 1.54) is 29.1 Å². The third-order valence-corrected chi connectivity index (χ3v) is 2.89. The largest absolute Gasteiger partial charge is 0.299 e. The van der Waals surface area contributed by atoms with Crippen LogP contribution in [0.5, 0.6) is 0 Å². The number of hydrogen-bond donors (Lipinski definition) is 1. The summed E-state index contributed by atoms with van der Waals surface area (Å²) >= 11 is 4.08. The van der Waals surface area contributed by atoms with Crippen molar-refractivity contribution < 1.29 is 4.92 Å². The molecule has 0 aliphatic carbocycles. The van der Waals surface area contributed by atoms with E-state index in [1.54, 1.807) is 0 Å². The van der Waals surface area contributed by atoms with Gasteiger partial charge in [0.1, 0.15) is 0 Å². The Kier molecular flexibility index (Phi) is 3.61. The maximum Gasteiger partial charge on any atom is 0.270 e. The summed E-state index contributed by atoms with van der Waals surface area (Å²) in [6.07, 6.45) is 2.20. The molecule has 1 aromatic carbocycles. The van der Waals surface area contributed by atoms with Gasteiger partial charge in [0.25, 0.3) is 11.2 Å². The van der Waals surface area contributed by atoms with Gasteiger partial charge in [-0.15, -0.1) is 0 Å². The lowest BCUT2D eigenvalue weighted by Crippen LogP contribution is -2.20. The van der Waals surface area contributed by atoms with Gasteiger partial charge < -0.3 is 0 Å². The first-order valence-electron chi connectivity index (χ1n) is 5.38. The van der Waals surface area contributed by atoms with Crippen molar-refractivity contribution in [2.45, 2.75) is 13.0 Å². The number of benzene rings is 1. The number of hydrogen-bond acceptors (Lipinski definition) is 5. The van der Waals surface area contributed by atoms with Gasteiger partial charge in [-0.05, 0) is 18.2 Å². The van der Waals surface area contributed by atoms with Crippen LogP contribution in [0.1, 0.15) is 6.42 Å². The van der Waals surface area contributed by atoms with E-state index < -0.39 is 4.92 Å². The van der Waals surface area contributed by atoms with Crippen molar-refractivity contribution in [1.82, 2.24) is 9.55 Å². The summed E-state index contributed by atoms with van der Waals surface area (Å²) in [6, 6.07) is 4.09. The number of nitro groups is 1. The first kappa shape index (κ1) is 12.6. The number of aryl methyl sites for hydroxylation is 1. The van der Waals surface area contributed by atoms with Gasteiger partial charge in [-0.3, -0.25) is 19.5 Å². The molecule has 1 heterocycles. The van der Waals surface area contributed by atoms with Crippen LogP contribution in [0.4, 0.5) is 5.69 Å². The summed E-state index contributed by atoms with van der Waals surface area (Å²) in [5.41, 5.74) is 0.103. The van der Waals surface area contributed by atoms with Crippen LogP contribution in [0.25, 0.3) is 10.9 Å². The summed E-state index contributed by atoms with van der Waals surface area (Å²) in [5, 5.41) is 10.9. The molecule has 0 atom stereocenters. The predicted molar refractivity (Wildman–Crippen MR) is 71.1 cm³/mol. The minimum atomic E-state index is -0.524. The second-order valence-electron chi connectivity index (χ2n) is 3.78. The van der Waals surface area contributed by atoms with Gasteiger partial charge in [0.2, 0.25) is 0 Å². The lowest BCUT2D eigenvalue weighted by molar-refractivity contribution is -0.384. The highest BCUT2D eigenvalue weighted by Crippen LogP contribution is 2.16. The normalized spacial score (nSPS) is 10.7. The van der Waals surface area contributed by atoms with Crippen LogP contribution in [-0.4, -0.2) is 20.2 Å². The Bertz CT molecular complexity index is 654. The quantitative estimate of drug-likeness (QED) is 0.517. The molecule has 0 N–H and O–H groups in total. The van der Waals surface area contributed by atoms with E-state index in [9.17, 15) is 14.9 Å². The second-order valence-corrected chi connectivity index (χ2v) is 4.23. The SMILES string of the molecule is O=c1c2cc([N+](=O)[O-])ccc2ncn1CCCS. The molecule has 7 heteroatoms.